The Morgan fingerprint density at radius 2 is 1.38 bits per heavy atom. The Morgan fingerprint density at radius 3 is 2.00 bits per heavy atom. The summed E-state index contributed by atoms with van der Waals surface area (Å²) >= 11 is 0. The van der Waals surface area contributed by atoms with Gasteiger partial charge in [0, 0.05) is 6.07 Å². The Balaban J connectivity index is 2.75. The summed E-state index contributed by atoms with van der Waals surface area (Å²) in [6, 6.07) is 6.88. The van der Waals surface area contributed by atoms with Crippen LogP contribution in [0.5, 0.6) is 17.2 Å². The lowest BCUT2D eigenvalue weighted by atomic mass is 10.2. The number of ether oxygens (including phenoxy) is 3. The molecule has 0 atom stereocenters. The second-order valence-corrected chi connectivity index (χ2v) is 5.11. The molecule has 0 bridgehead atoms. The van der Waals surface area contributed by atoms with E-state index in [2.05, 4.69) is 26.8 Å². The third-order valence-corrected chi connectivity index (χ3v) is 3.12. The molecule has 0 amide bonds. The average Bonchev–Trinajstić information content (AvgIpc) is 2.50. The first-order valence-corrected chi connectivity index (χ1v) is 8.26. The van der Waals surface area contributed by atoms with Crippen molar-refractivity contribution < 1.29 is 14.2 Å². The number of hydrogen-bond acceptors (Lipinski definition) is 3. The lowest BCUT2D eigenvalue weighted by Crippen LogP contribution is -2.05. The lowest BCUT2D eigenvalue weighted by Gasteiger charge is -2.16. The highest BCUT2D eigenvalue weighted by Gasteiger charge is 2.13. The highest BCUT2D eigenvalue weighted by atomic mass is 16.5. The normalized spacial score (nSPS) is 10.4. The Hall–Kier alpha value is -1.38. The Kier molecular flexibility index (Phi) is 9.51. The molecule has 0 heterocycles. The molecule has 1 rings (SSSR count). The first-order valence-electron chi connectivity index (χ1n) is 8.26. The van der Waals surface area contributed by atoms with Crippen molar-refractivity contribution in [1.82, 2.24) is 0 Å². The summed E-state index contributed by atoms with van der Waals surface area (Å²) in [5.41, 5.74) is 0. The van der Waals surface area contributed by atoms with E-state index in [4.69, 9.17) is 14.2 Å². The van der Waals surface area contributed by atoms with Gasteiger partial charge in [-0.3, -0.25) is 0 Å². The van der Waals surface area contributed by atoms with Crippen LogP contribution in [0.4, 0.5) is 0 Å². The summed E-state index contributed by atoms with van der Waals surface area (Å²) in [7, 11) is 0. The first-order chi connectivity index (χ1) is 10.3. The first kappa shape index (κ1) is 17.7. The van der Waals surface area contributed by atoms with Gasteiger partial charge in [0.15, 0.2) is 11.5 Å². The smallest absolute Gasteiger partial charge is 0.204 e. The molecule has 0 aliphatic rings. The minimum Gasteiger partial charge on any atom is -0.490 e. The largest absolute Gasteiger partial charge is 0.490 e. The minimum atomic E-state index is 0.675. The van der Waals surface area contributed by atoms with Gasteiger partial charge in [-0.15, -0.1) is 0 Å². The van der Waals surface area contributed by atoms with E-state index in [-0.39, 0.29) is 0 Å². The zero-order valence-corrected chi connectivity index (χ0v) is 13.7. The van der Waals surface area contributed by atoms with Gasteiger partial charge in [0.25, 0.3) is 0 Å². The van der Waals surface area contributed by atoms with Crippen molar-refractivity contribution >= 4 is 0 Å². The molecule has 0 saturated carbocycles. The van der Waals surface area contributed by atoms with Crippen LogP contribution in [0.3, 0.4) is 0 Å². The van der Waals surface area contributed by atoms with Crippen LogP contribution in [-0.2, 0) is 0 Å². The fraction of sp³-hybridized carbons (Fsp3) is 0.667. The van der Waals surface area contributed by atoms with Crippen molar-refractivity contribution in [2.45, 2.75) is 59.3 Å². The third kappa shape index (κ3) is 6.74. The van der Waals surface area contributed by atoms with Gasteiger partial charge in [-0.1, -0.05) is 40.0 Å². The predicted octanol–water partition coefficient (Wildman–Crippen LogP) is 5.02. The van der Waals surface area contributed by atoms with Crippen LogP contribution in [-0.4, -0.2) is 19.8 Å². The highest BCUT2D eigenvalue weighted by molar-refractivity contribution is 5.50. The standard InChI is InChI=1S/C18H29O3/c1-4-7-13-19-16-11-10-12-17(20-14-8-5-2)18(16)21-15-9-6-3/h10-11H,4-9,13-15H2,1-3H3. The molecule has 1 radical (unpaired) electrons. The van der Waals surface area contributed by atoms with Crippen LogP contribution in [0.1, 0.15) is 59.3 Å². The van der Waals surface area contributed by atoms with Gasteiger partial charge in [-0.2, -0.15) is 0 Å². The van der Waals surface area contributed by atoms with Gasteiger partial charge in [0.05, 0.1) is 19.8 Å². The molecule has 0 aliphatic heterocycles. The van der Waals surface area contributed by atoms with E-state index in [1.807, 2.05) is 12.1 Å². The molecule has 0 aromatic heterocycles. The number of hydrogen-bond donors (Lipinski definition) is 0. The quantitative estimate of drug-likeness (QED) is 0.506. The van der Waals surface area contributed by atoms with Gasteiger partial charge >= 0.3 is 0 Å². The van der Waals surface area contributed by atoms with Crippen LogP contribution in [0, 0.1) is 6.07 Å². The summed E-state index contributed by atoms with van der Waals surface area (Å²) < 4.78 is 17.5. The van der Waals surface area contributed by atoms with Crippen LogP contribution in [0.25, 0.3) is 0 Å². The summed E-state index contributed by atoms with van der Waals surface area (Å²) in [5.74, 6) is 2.15. The van der Waals surface area contributed by atoms with E-state index in [1.54, 1.807) is 0 Å². The van der Waals surface area contributed by atoms with Gasteiger partial charge in [-0.05, 0) is 31.4 Å². The van der Waals surface area contributed by atoms with Crippen molar-refractivity contribution in [2.24, 2.45) is 0 Å². The molecular weight excluding hydrogens is 264 g/mol. The average molecular weight is 293 g/mol. The van der Waals surface area contributed by atoms with Crippen molar-refractivity contribution in [3.63, 3.8) is 0 Å². The zero-order valence-electron chi connectivity index (χ0n) is 13.7. The lowest BCUT2D eigenvalue weighted by molar-refractivity contribution is 0.237. The summed E-state index contributed by atoms with van der Waals surface area (Å²) in [5, 5.41) is 0. The second kappa shape index (κ2) is 11.3. The van der Waals surface area contributed by atoms with Gasteiger partial charge < -0.3 is 14.2 Å². The van der Waals surface area contributed by atoms with Crippen molar-refractivity contribution in [2.75, 3.05) is 19.8 Å². The van der Waals surface area contributed by atoms with Crippen LogP contribution in [0.15, 0.2) is 12.1 Å². The third-order valence-electron chi connectivity index (χ3n) is 3.12. The monoisotopic (exact) mass is 293 g/mol. The van der Waals surface area contributed by atoms with E-state index in [0.717, 1.165) is 44.3 Å². The summed E-state index contributed by atoms with van der Waals surface area (Å²) in [6.07, 6.45) is 6.43. The molecule has 3 nitrogen and oxygen atoms in total. The van der Waals surface area contributed by atoms with E-state index in [0.29, 0.717) is 31.3 Å². The van der Waals surface area contributed by atoms with Gasteiger partial charge in [0.1, 0.15) is 0 Å². The second-order valence-electron chi connectivity index (χ2n) is 5.11. The molecule has 3 heteroatoms. The molecule has 21 heavy (non-hydrogen) atoms. The zero-order chi connectivity index (χ0) is 15.3. The topological polar surface area (TPSA) is 27.7 Å². The van der Waals surface area contributed by atoms with Gasteiger partial charge in [-0.25, -0.2) is 0 Å². The van der Waals surface area contributed by atoms with E-state index in [1.165, 1.54) is 0 Å². The Labute approximate surface area is 129 Å². The predicted molar refractivity (Wildman–Crippen MR) is 86.5 cm³/mol. The van der Waals surface area contributed by atoms with Crippen LogP contribution in [0.2, 0.25) is 0 Å². The molecule has 0 fully saturated rings. The fourth-order valence-corrected chi connectivity index (χ4v) is 1.77. The minimum absolute atomic E-state index is 0.675. The van der Waals surface area contributed by atoms with E-state index in [9.17, 15) is 0 Å². The van der Waals surface area contributed by atoms with Gasteiger partial charge in [0.2, 0.25) is 5.75 Å². The number of rotatable bonds is 12. The molecule has 119 valence electrons. The van der Waals surface area contributed by atoms with Crippen LogP contribution >= 0.6 is 0 Å². The maximum atomic E-state index is 5.89. The highest BCUT2D eigenvalue weighted by Crippen LogP contribution is 2.37. The maximum Gasteiger partial charge on any atom is 0.204 e. The fourth-order valence-electron chi connectivity index (χ4n) is 1.77. The maximum absolute atomic E-state index is 5.89. The van der Waals surface area contributed by atoms with E-state index < -0.39 is 0 Å². The molecule has 0 aliphatic carbocycles. The Bertz CT molecular complexity index is 348. The van der Waals surface area contributed by atoms with Crippen LogP contribution < -0.4 is 14.2 Å². The van der Waals surface area contributed by atoms with E-state index >= 15 is 0 Å². The molecule has 1 aromatic carbocycles. The van der Waals surface area contributed by atoms with Crippen molar-refractivity contribution in [3.05, 3.63) is 18.2 Å². The summed E-state index contributed by atoms with van der Waals surface area (Å²) in [4.78, 5) is 0. The summed E-state index contributed by atoms with van der Waals surface area (Å²) in [6.45, 7) is 8.53. The molecule has 0 N–H and O–H groups in total. The SMILES string of the molecule is CCCCOc1[c]ccc(OCCCC)c1OCCCC. The molecular formula is C18H29O3. The molecule has 0 spiro atoms. The van der Waals surface area contributed by atoms with Crippen molar-refractivity contribution in [1.29, 1.82) is 0 Å². The number of unbranched alkanes of at least 4 members (excludes halogenated alkanes) is 3. The molecule has 0 saturated heterocycles. The Morgan fingerprint density at radius 1 is 0.810 bits per heavy atom. The number of benzene rings is 1. The molecule has 1 aromatic rings. The van der Waals surface area contributed by atoms with Crippen molar-refractivity contribution in [3.8, 4) is 17.2 Å². The molecule has 0 unspecified atom stereocenters.